The molecule has 0 spiro atoms. The molecule has 25 heavy (non-hydrogen) atoms. The van der Waals surface area contributed by atoms with E-state index in [2.05, 4.69) is 5.32 Å². The molecule has 0 saturated heterocycles. The van der Waals surface area contributed by atoms with E-state index in [-0.39, 0.29) is 11.7 Å². The molecule has 1 unspecified atom stereocenters. The number of nitrogens with one attached hydrogen (secondary N) is 1. The quantitative estimate of drug-likeness (QED) is 0.747. The van der Waals surface area contributed by atoms with E-state index in [4.69, 9.17) is 0 Å². The Bertz CT molecular complexity index is 888. The maximum absolute atomic E-state index is 13.8. The molecule has 0 bridgehead atoms. The summed E-state index contributed by atoms with van der Waals surface area (Å²) >= 11 is 0. The third kappa shape index (κ3) is 3.86. The van der Waals surface area contributed by atoms with Crippen molar-refractivity contribution >= 4 is 22.4 Å². The fraction of sp³-hybridized carbons (Fsp3) is 0.190. The van der Waals surface area contributed by atoms with Gasteiger partial charge in [0, 0.05) is 23.2 Å². The first-order valence-corrected chi connectivity index (χ1v) is 8.28. The standard InChI is InChI=1S/C21H21FN2O/c1-15(24(2)14-17-9-4-6-12-19(17)22)21(25)23-20-13-7-10-16-8-3-5-11-18(16)20/h3-13,15H,14H2,1-2H3,(H,23,25). The van der Waals surface area contributed by atoms with Gasteiger partial charge in [-0.15, -0.1) is 0 Å². The van der Waals surface area contributed by atoms with Crippen molar-refractivity contribution in [2.24, 2.45) is 0 Å². The summed E-state index contributed by atoms with van der Waals surface area (Å²) in [4.78, 5) is 14.5. The molecular weight excluding hydrogens is 315 g/mol. The van der Waals surface area contributed by atoms with Crippen molar-refractivity contribution in [3.63, 3.8) is 0 Å². The summed E-state index contributed by atoms with van der Waals surface area (Å²) in [5.41, 5.74) is 1.36. The minimum atomic E-state index is -0.390. The Labute approximate surface area is 147 Å². The lowest BCUT2D eigenvalue weighted by molar-refractivity contribution is -0.120. The Kier molecular flexibility index (Phi) is 5.10. The second-order valence-electron chi connectivity index (χ2n) is 6.20. The van der Waals surface area contributed by atoms with Crippen molar-refractivity contribution in [1.29, 1.82) is 0 Å². The lowest BCUT2D eigenvalue weighted by Crippen LogP contribution is -2.39. The van der Waals surface area contributed by atoms with Gasteiger partial charge in [0.1, 0.15) is 5.82 Å². The maximum atomic E-state index is 13.8. The first-order chi connectivity index (χ1) is 12.1. The molecule has 0 fully saturated rings. The van der Waals surface area contributed by atoms with Crippen molar-refractivity contribution in [2.75, 3.05) is 12.4 Å². The molecule has 0 aliphatic carbocycles. The van der Waals surface area contributed by atoms with E-state index in [0.29, 0.717) is 12.1 Å². The van der Waals surface area contributed by atoms with Gasteiger partial charge in [-0.2, -0.15) is 0 Å². The molecule has 0 aliphatic heterocycles. The largest absolute Gasteiger partial charge is 0.324 e. The van der Waals surface area contributed by atoms with Crippen molar-refractivity contribution in [2.45, 2.75) is 19.5 Å². The molecule has 3 aromatic carbocycles. The number of hydrogen-bond donors (Lipinski definition) is 1. The zero-order valence-electron chi connectivity index (χ0n) is 14.4. The monoisotopic (exact) mass is 336 g/mol. The molecule has 3 aromatic rings. The van der Waals surface area contributed by atoms with Crippen molar-refractivity contribution in [1.82, 2.24) is 4.90 Å². The van der Waals surface area contributed by atoms with Crippen LogP contribution in [0.5, 0.6) is 0 Å². The summed E-state index contributed by atoms with van der Waals surface area (Å²) < 4.78 is 13.8. The predicted molar refractivity (Wildman–Crippen MR) is 99.9 cm³/mol. The molecule has 1 atom stereocenters. The second kappa shape index (κ2) is 7.45. The average Bonchev–Trinajstić information content (AvgIpc) is 2.63. The highest BCUT2D eigenvalue weighted by atomic mass is 19.1. The van der Waals surface area contributed by atoms with E-state index < -0.39 is 6.04 Å². The minimum Gasteiger partial charge on any atom is -0.324 e. The van der Waals surface area contributed by atoms with Crippen LogP contribution in [-0.2, 0) is 11.3 Å². The van der Waals surface area contributed by atoms with Crippen molar-refractivity contribution in [3.8, 4) is 0 Å². The number of halogens is 1. The summed E-state index contributed by atoms with van der Waals surface area (Å²) in [5.74, 6) is -0.369. The number of rotatable bonds is 5. The molecule has 4 heteroatoms. The molecule has 0 aromatic heterocycles. The first kappa shape index (κ1) is 17.1. The summed E-state index contributed by atoms with van der Waals surface area (Å²) in [6, 6.07) is 20.0. The van der Waals surface area contributed by atoms with Gasteiger partial charge >= 0.3 is 0 Å². The van der Waals surface area contributed by atoms with Crippen LogP contribution in [0, 0.1) is 5.82 Å². The summed E-state index contributed by atoms with van der Waals surface area (Å²) in [6.07, 6.45) is 0. The Morgan fingerprint density at radius 3 is 2.52 bits per heavy atom. The van der Waals surface area contributed by atoms with Crippen LogP contribution >= 0.6 is 0 Å². The highest BCUT2D eigenvalue weighted by molar-refractivity contribution is 6.03. The zero-order valence-corrected chi connectivity index (χ0v) is 14.4. The van der Waals surface area contributed by atoms with E-state index in [0.717, 1.165) is 16.5 Å². The Balaban J connectivity index is 1.73. The second-order valence-corrected chi connectivity index (χ2v) is 6.20. The van der Waals surface area contributed by atoms with Crippen LogP contribution in [0.25, 0.3) is 10.8 Å². The molecular formula is C21H21FN2O. The molecule has 1 N–H and O–H groups in total. The normalized spacial score (nSPS) is 12.3. The van der Waals surface area contributed by atoms with Crippen LogP contribution in [0.3, 0.4) is 0 Å². The van der Waals surface area contributed by atoms with Gasteiger partial charge in [-0.25, -0.2) is 4.39 Å². The Morgan fingerprint density at radius 2 is 1.72 bits per heavy atom. The molecule has 3 nitrogen and oxygen atoms in total. The Hall–Kier alpha value is -2.72. The molecule has 3 rings (SSSR count). The third-order valence-electron chi connectivity index (χ3n) is 4.47. The van der Waals surface area contributed by atoms with E-state index >= 15 is 0 Å². The molecule has 0 heterocycles. The van der Waals surface area contributed by atoms with Crippen molar-refractivity contribution in [3.05, 3.63) is 78.1 Å². The van der Waals surface area contributed by atoms with Crippen LogP contribution in [0.2, 0.25) is 0 Å². The number of hydrogen-bond acceptors (Lipinski definition) is 2. The predicted octanol–water partition coefficient (Wildman–Crippen LogP) is 4.44. The lowest BCUT2D eigenvalue weighted by atomic mass is 10.1. The average molecular weight is 336 g/mol. The third-order valence-corrected chi connectivity index (χ3v) is 4.47. The number of benzene rings is 3. The number of anilines is 1. The van der Waals surface area contributed by atoms with Crippen molar-refractivity contribution < 1.29 is 9.18 Å². The van der Waals surface area contributed by atoms with Gasteiger partial charge in [0.05, 0.1) is 6.04 Å². The van der Waals surface area contributed by atoms with E-state index in [9.17, 15) is 9.18 Å². The highest BCUT2D eigenvalue weighted by Gasteiger charge is 2.19. The lowest BCUT2D eigenvalue weighted by Gasteiger charge is -2.24. The van der Waals surface area contributed by atoms with Gasteiger partial charge in [-0.3, -0.25) is 9.69 Å². The number of amides is 1. The van der Waals surface area contributed by atoms with Crippen LogP contribution in [0.1, 0.15) is 12.5 Å². The van der Waals surface area contributed by atoms with Gasteiger partial charge in [0.2, 0.25) is 5.91 Å². The van der Waals surface area contributed by atoms with Crippen LogP contribution in [0.4, 0.5) is 10.1 Å². The Morgan fingerprint density at radius 1 is 1.04 bits per heavy atom. The summed E-state index contributed by atoms with van der Waals surface area (Å²) in [5, 5.41) is 5.07. The highest BCUT2D eigenvalue weighted by Crippen LogP contribution is 2.23. The number of likely N-dealkylation sites (N-methyl/N-ethyl adjacent to an activating group) is 1. The number of fused-ring (bicyclic) bond motifs is 1. The SMILES string of the molecule is CC(C(=O)Nc1cccc2ccccc12)N(C)Cc1ccccc1F. The fourth-order valence-corrected chi connectivity index (χ4v) is 2.80. The zero-order chi connectivity index (χ0) is 17.8. The molecule has 128 valence electrons. The minimum absolute atomic E-state index is 0.116. The fourth-order valence-electron chi connectivity index (χ4n) is 2.80. The molecule has 0 saturated carbocycles. The molecule has 1 amide bonds. The van der Waals surface area contributed by atoms with E-state index in [1.165, 1.54) is 6.07 Å². The van der Waals surface area contributed by atoms with Gasteiger partial charge in [-0.1, -0.05) is 54.6 Å². The summed E-state index contributed by atoms with van der Waals surface area (Å²) in [7, 11) is 1.82. The van der Waals surface area contributed by atoms with Gasteiger partial charge in [-0.05, 0) is 31.5 Å². The molecule has 0 radical (unpaired) electrons. The van der Waals surface area contributed by atoms with Gasteiger partial charge in [0.25, 0.3) is 0 Å². The van der Waals surface area contributed by atoms with E-state index in [1.54, 1.807) is 18.2 Å². The van der Waals surface area contributed by atoms with Crippen LogP contribution < -0.4 is 5.32 Å². The smallest absolute Gasteiger partial charge is 0.241 e. The first-order valence-electron chi connectivity index (χ1n) is 8.28. The van der Waals surface area contributed by atoms with Crippen LogP contribution in [-0.4, -0.2) is 23.9 Å². The molecule has 0 aliphatic rings. The van der Waals surface area contributed by atoms with Crippen LogP contribution in [0.15, 0.2) is 66.7 Å². The summed E-state index contributed by atoms with van der Waals surface area (Å²) in [6.45, 7) is 2.19. The number of carbonyl (C=O) groups excluding carboxylic acids is 1. The number of nitrogens with zero attached hydrogens (tertiary/aromatic N) is 1. The van der Waals surface area contributed by atoms with E-state index in [1.807, 2.05) is 61.3 Å². The van der Waals surface area contributed by atoms with Gasteiger partial charge in [0.15, 0.2) is 0 Å². The topological polar surface area (TPSA) is 32.3 Å². The number of carbonyl (C=O) groups is 1. The maximum Gasteiger partial charge on any atom is 0.241 e. The van der Waals surface area contributed by atoms with Gasteiger partial charge < -0.3 is 5.32 Å².